The highest BCUT2D eigenvalue weighted by Gasteiger charge is 2.56. The first-order chi connectivity index (χ1) is 9.68. The van der Waals surface area contributed by atoms with Crippen molar-refractivity contribution in [3.63, 3.8) is 0 Å². The lowest BCUT2D eigenvalue weighted by atomic mass is 10.0. The summed E-state index contributed by atoms with van der Waals surface area (Å²) in [5, 5.41) is 11.7. The van der Waals surface area contributed by atoms with Crippen molar-refractivity contribution in [2.75, 3.05) is 0 Å². The number of non-ortho nitro benzene ring substituents is 1. The fraction of sp³-hybridized carbons (Fsp3) is 0.400. The average Bonchev–Trinajstić information content (AvgIpc) is 2.82. The summed E-state index contributed by atoms with van der Waals surface area (Å²) in [5.41, 5.74) is 1.09. The fourth-order valence-corrected chi connectivity index (χ4v) is 3.88. The van der Waals surface area contributed by atoms with Crippen molar-refractivity contribution in [3.8, 4) is 0 Å². The van der Waals surface area contributed by atoms with E-state index in [4.69, 9.17) is 0 Å². The summed E-state index contributed by atoms with van der Waals surface area (Å²) in [4.78, 5) is 26.1. The van der Waals surface area contributed by atoms with Gasteiger partial charge in [0.1, 0.15) is 5.52 Å². The maximum atomic E-state index is 12.6. The van der Waals surface area contributed by atoms with E-state index < -0.39 is 4.92 Å². The molecule has 0 amide bonds. The van der Waals surface area contributed by atoms with Crippen LogP contribution < -0.4 is 0 Å². The Bertz CT molecular complexity index is 724. The molecular formula is C15H14N2O3. The van der Waals surface area contributed by atoms with Crippen molar-refractivity contribution < 1.29 is 9.72 Å². The van der Waals surface area contributed by atoms with Crippen molar-refractivity contribution >= 4 is 22.4 Å². The van der Waals surface area contributed by atoms with E-state index in [9.17, 15) is 14.9 Å². The Kier molecular flexibility index (Phi) is 2.28. The SMILES string of the molecule is O=C(c1c[nH]c2c([N+](=O)[O-])cccc12)C1C2CCCC21. The minimum atomic E-state index is -0.418. The van der Waals surface area contributed by atoms with Crippen molar-refractivity contribution in [1.82, 2.24) is 4.98 Å². The zero-order chi connectivity index (χ0) is 13.9. The number of nitro benzene ring substituents is 1. The Morgan fingerprint density at radius 3 is 2.75 bits per heavy atom. The molecule has 1 aromatic heterocycles. The van der Waals surface area contributed by atoms with Crippen molar-refractivity contribution in [1.29, 1.82) is 0 Å². The van der Waals surface area contributed by atoms with Gasteiger partial charge in [0.05, 0.1) is 4.92 Å². The Morgan fingerprint density at radius 1 is 1.30 bits per heavy atom. The summed E-state index contributed by atoms with van der Waals surface area (Å²) >= 11 is 0. The first-order valence-electron chi connectivity index (χ1n) is 6.97. The molecule has 1 aromatic carbocycles. The smallest absolute Gasteiger partial charge is 0.293 e. The topological polar surface area (TPSA) is 76.0 Å². The summed E-state index contributed by atoms with van der Waals surface area (Å²) < 4.78 is 0. The molecule has 0 aliphatic heterocycles. The Balaban J connectivity index is 1.76. The van der Waals surface area contributed by atoms with E-state index in [1.165, 1.54) is 12.5 Å². The number of nitrogens with one attached hydrogen (secondary N) is 1. The summed E-state index contributed by atoms with van der Waals surface area (Å²) in [7, 11) is 0. The lowest BCUT2D eigenvalue weighted by molar-refractivity contribution is -0.383. The molecular weight excluding hydrogens is 256 g/mol. The number of para-hydroxylation sites is 1. The predicted molar refractivity (Wildman–Crippen MR) is 73.6 cm³/mol. The molecule has 2 aromatic rings. The van der Waals surface area contributed by atoms with E-state index in [0.29, 0.717) is 28.3 Å². The number of nitrogens with zero attached hydrogens (tertiary/aromatic N) is 1. The van der Waals surface area contributed by atoms with Crippen LogP contribution in [0, 0.1) is 27.9 Å². The molecule has 0 bridgehead atoms. The normalized spacial score (nSPS) is 27.5. The number of hydrogen-bond acceptors (Lipinski definition) is 3. The van der Waals surface area contributed by atoms with Gasteiger partial charge in [0.2, 0.25) is 0 Å². The van der Waals surface area contributed by atoms with Crippen LogP contribution in [0.5, 0.6) is 0 Å². The summed E-state index contributed by atoms with van der Waals surface area (Å²) in [6.45, 7) is 0. The Labute approximate surface area is 115 Å². The Morgan fingerprint density at radius 2 is 2.05 bits per heavy atom. The summed E-state index contributed by atoms with van der Waals surface area (Å²) in [6.07, 6.45) is 5.18. The van der Waals surface area contributed by atoms with E-state index >= 15 is 0 Å². The molecule has 1 N–H and O–H groups in total. The largest absolute Gasteiger partial charge is 0.355 e. The molecule has 20 heavy (non-hydrogen) atoms. The van der Waals surface area contributed by atoms with Gasteiger partial charge >= 0.3 is 0 Å². The van der Waals surface area contributed by atoms with E-state index in [2.05, 4.69) is 4.98 Å². The Hall–Kier alpha value is -2.17. The van der Waals surface area contributed by atoms with Crippen LogP contribution in [0.1, 0.15) is 29.6 Å². The third kappa shape index (κ3) is 1.46. The number of H-pyrrole nitrogens is 1. The maximum absolute atomic E-state index is 12.6. The van der Waals surface area contributed by atoms with Gasteiger partial charge in [-0.25, -0.2) is 0 Å². The number of aromatic nitrogens is 1. The molecule has 2 aliphatic rings. The average molecular weight is 270 g/mol. The molecule has 4 rings (SSSR count). The molecule has 5 nitrogen and oxygen atoms in total. The molecule has 2 atom stereocenters. The highest BCUT2D eigenvalue weighted by atomic mass is 16.6. The number of aromatic amines is 1. The van der Waals surface area contributed by atoms with Crippen LogP contribution in [0.3, 0.4) is 0 Å². The molecule has 2 fully saturated rings. The van der Waals surface area contributed by atoms with E-state index in [0.717, 1.165) is 12.8 Å². The van der Waals surface area contributed by atoms with Crippen LogP contribution >= 0.6 is 0 Å². The quantitative estimate of drug-likeness (QED) is 0.528. The third-order valence-electron chi connectivity index (χ3n) is 4.86. The molecule has 1 heterocycles. The molecule has 2 aliphatic carbocycles. The van der Waals surface area contributed by atoms with Gasteiger partial charge in [-0.05, 0) is 24.7 Å². The highest BCUT2D eigenvalue weighted by molar-refractivity contribution is 6.11. The van der Waals surface area contributed by atoms with Crippen LogP contribution in [0.25, 0.3) is 10.9 Å². The van der Waals surface area contributed by atoms with Gasteiger partial charge < -0.3 is 4.98 Å². The number of nitro groups is 1. The number of benzene rings is 1. The van der Waals surface area contributed by atoms with Gasteiger partial charge in [0.15, 0.2) is 5.78 Å². The molecule has 102 valence electrons. The van der Waals surface area contributed by atoms with Crippen molar-refractivity contribution in [2.24, 2.45) is 17.8 Å². The van der Waals surface area contributed by atoms with Gasteiger partial charge in [-0.2, -0.15) is 0 Å². The molecule has 0 radical (unpaired) electrons. The van der Waals surface area contributed by atoms with Crippen LogP contribution in [0.2, 0.25) is 0 Å². The molecule has 2 saturated carbocycles. The van der Waals surface area contributed by atoms with E-state index in [-0.39, 0.29) is 17.4 Å². The number of carbonyl (C=O) groups is 1. The summed E-state index contributed by atoms with van der Waals surface area (Å²) in [5.74, 6) is 1.44. The molecule has 2 unspecified atom stereocenters. The lowest BCUT2D eigenvalue weighted by Gasteiger charge is -2.01. The van der Waals surface area contributed by atoms with Crippen LogP contribution in [0.4, 0.5) is 5.69 Å². The van der Waals surface area contributed by atoms with Crippen LogP contribution in [-0.2, 0) is 0 Å². The summed E-state index contributed by atoms with van der Waals surface area (Å²) in [6, 6.07) is 4.88. The van der Waals surface area contributed by atoms with E-state index in [1.807, 2.05) is 0 Å². The first kappa shape index (κ1) is 11.6. The van der Waals surface area contributed by atoms with Gasteiger partial charge in [0, 0.05) is 29.1 Å². The van der Waals surface area contributed by atoms with E-state index in [1.54, 1.807) is 18.3 Å². The van der Waals surface area contributed by atoms with Gasteiger partial charge in [0.25, 0.3) is 5.69 Å². The molecule has 0 spiro atoms. The number of ketones is 1. The zero-order valence-corrected chi connectivity index (χ0v) is 10.8. The van der Waals surface area contributed by atoms with Gasteiger partial charge in [-0.1, -0.05) is 18.6 Å². The predicted octanol–water partition coefficient (Wildman–Crippen LogP) is 3.30. The lowest BCUT2D eigenvalue weighted by Crippen LogP contribution is -2.05. The third-order valence-corrected chi connectivity index (χ3v) is 4.86. The second-order valence-electron chi connectivity index (χ2n) is 5.81. The first-order valence-corrected chi connectivity index (χ1v) is 6.97. The molecule has 0 saturated heterocycles. The number of Topliss-reactive ketones (excluding diaryl/α,β-unsaturated/α-hetero) is 1. The fourth-order valence-electron chi connectivity index (χ4n) is 3.88. The van der Waals surface area contributed by atoms with Crippen molar-refractivity contribution in [2.45, 2.75) is 19.3 Å². The molecule has 5 heteroatoms. The van der Waals surface area contributed by atoms with Crippen LogP contribution in [0.15, 0.2) is 24.4 Å². The van der Waals surface area contributed by atoms with Crippen LogP contribution in [-0.4, -0.2) is 15.7 Å². The zero-order valence-electron chi connectivity index (χ0n) is 10.8. The minimum absolute atomic E-state index is 0.0255. The maximum Gasteiger partial charge on any atom is 0.293 e. The number of carbonyl (C=O) groups excluding carboxylic acids is 1. The minimum Gasteiger partial charge on any atom is -0.355 e. The van der Waals surface area contributed by atoms with Gasteiger partial charge in [-0.15, -0.1) is 0 Å². The monoisotopic (exact) mass is 270 g/mol. The van der Waals surface area contributed by atoms with Gasteiger partial charge in [-0.3, -0.25) is 14.9 Å². The number of hydrogen-bond donors (Lipinski definition) is 1. The number of fused-ring (bicyclic) bond motifs is 2. The highest BCUT2D eigenvalue weighted by Crippen LogP contribution is 2.58. The second kappa shape index (κ2) is 3.91. The second-order valence-corrected chi connectivity index (χ2v) is 5.81. The standard InChI is InChI=1S/C15H14N2O3/c18-15(13-8-3-1-4-9(8)13)11-7-16-14-10(11)5-2-6-12(14)17(19)20/h2,5-9,13,16H,1,3-4H2. The van der Waals surface area contributed by atoms with Crippen molar-refractivity contribution in [3.05, 3.63) is 40.1 Å². The number of rotatable bonds is 3.